The summed E-state index contributed by atoms with van der Waals surface area (Å²) in [4.78, 5) is 82.5. The molecule has 3 aromatic carbocycles. The number of aromatic nitrogens is 1. The van der Waals surface area contributed by atoms with Crippen molar-refractivity contribution in [3.8, 4) is 44.4 Å². The van der Waals surface area contributed by atoms with Crippen molar-refractivity contribution < 1.29 is 61.9 Å². The van der Waals surface area contributed by atoms with Gasteiger partial charge in [0.25, 0.3) is 0 Å². The molecular weight excluding hydrogens is 935 g/mol. The molecule has 16 heteroatoms. The summed E-state index contributed by atoms with van der Waals surface area (Å²) in [5.74, 6) is -0.635. The van der Waals surface area contributed by atoms with E-state index in [-0.39, 0.29) is 47.9 Å². The van der Waals surface area contributed by atoms with Gasteiger partial charge in [-0.05, 0) is 162 Å². The van der Waals surface area contributed by atoms with E-state index in [1.165, 1.54) is 22.7 Å². The molecule has 7 rings (SSSR count). The van der Waals surface area contributed by atoms with E-state index in [0.29, 0.717) is 121 Å². The Morgan fingerprint density at radius 3 is 1.56 bits per heavy atom. The Balaban J connectivity index is 0.858. The quantitative estimate of drug-likeness (QED) is 0.0324. The van der Waals surface area contributed by atoms with Gasteiger partial charge in [0.2, 0.25) is 0 Å². The van der Waals surface area contributed by atoms with Crippen molar-refractivity contribution in [2.45, 2.75) is 117 Å². The highest BCUT2D eigenvalue weighted by atomic mass is 32.1. The average Bonchev–Trinajstić information content (AvgIpc) is 4.08. The number of esters is 5. The Bertz CT molecular complexity index is 2520. The zero-order valence-corrected chi connectivity index (χ0v) is 41.5. The molecule has 0 atom stereocenters. The predicted octanol–water partition coefficient (Wildman–Crippen LogP) is 11.7. The lowest BCUT2D eigenvalue weighted by atomic mass is 9.82. The van der Waals surface area contributed by atoms with Crippen LogP contribution in [0, 0.1) is 23.7 Å². The summed E-state index contributed by atoms with van der Waals surface area (Å²) in [6.07, 6.45) is 9.79. The van der Waals surface area contributed by atoms with Crippen LogP contribution in [0.2, 0.25) is 0 Å². The van der Waals surface area contributed by atoms with Crippen molar-refractivity contribution in [2.24, 2.45) is 23.7 Å². The number of carbonyl (C=O) groups excluding carboxylic acids is 6. The number of rotatable bonds is 24. The van der Waals surface area contributed by atoms with Gasteiger partial charge in [-0.25, -0.2) is 4.98 Å². The normalized spacial score (nSPS) is 17.8. The molecule has 2 heterocycles. The van der Waals surface area contributed by atoms with Gasteiger partial charge in [0.05, 0.1) is 41.8 Å². The number of benzene rings is 3. The van der Waals surface area contributed by atoms with Gasteiger partial charge in [-0.3, -0.25) is 28.8 Å². The summed E-state index contributed by atoms with van der Waals surface area (Å²) in [5.41, 5.74) is 0.412. The van der Waals surface area contributed by atoms with Crippen LogP contribution in [-0.2, 0) is 33.5 Å². The second-order valence-electron chi connectivity index (χ2n) is 17.8. The molecule has 2 aliphatic carbocycles. The van der Waals surface area contributed by atoms with E-state index < -0.39 is 23.8 Å². The number of carbonyl (C=O) groups is 6. The third kappa shape index (κ3) is 14.9. The molecule has 0 unspecified atom stereocenters. The molecule has 0 N–H and O–H groups in total. The molecule has 0 radical (unpaired) electrons. The predicted molar refractivity (Wildman–Crippen MR) is 264 cm³/mol. The van der Waals surface area contributed by atoms with Gasteiger partial charge in [-0.1, -0.05) is 19.9 Å². The van der Waals surface area contributed by atoms with Crippen molar-refractivity contribution in [3.05, 3.63) is 78.2 Å². The van der Waals surface area contributed by atoms with Crippen LogP contribution in [0.5, 0.6) is 34.5 Å². The van der Waals surface area contributed by atoms with E-state index in [9.17, 15) is 28.8 Å². The second-order valence-corrected chi connectivity index (χ2v) is 19.7. The van der Waals surface area contributed by atoms with E-state index in [4.69, 9.17) is 38.1 Å². The highest BCUT2D eigenvalue weighted by Gasteiger charge is 2.35. The Morgan fingerprint density at radius 1 is 0.543 bits per heavy atom. The number of thiophene rings is 1. The van der Waals surface area contributed by atoms with Crippen LogP contribution in [0.1, 0.15) is 117 Å². The summed E-state index contributed by atoms with van der Waals surface area (Å²) < 4.78 is 40.5. The molecule has 0 spiro atoms. The number of hydrogen-bond acceptors (Lipinski definition) is 16. The summed E-state index contributed by atoms with van der Waals surface area (Å²) >= 11 is 2.87. The van der Waals surface area contributed by atoms with Crippen molar-refractivity contribution in [1.82, 2.24) is 4.98 Å². The number of hydrogen-bond donors (Lipinski definition) is 0. The number of unbranched alkanes of at least 4 members (excludes halogenated alkanes) is 3. The van der Waals surface area contributed by atoms with Crippen molar-refractivity contribution >= 4 is 68.5 Å². The fraction of sp³-hybridized carbons (Fsp3) is 0.463. The first-order chi connectivity index (χ1) is 34.1. The monoisotopic (exact) mass is 995 g/mol. The molecule has 2 fully saturated rings. The van der Waals surface area contributed by atoms with E-state index >= 15 is 0 Å². The Hall–Kier alpha value is -6.13. The maximum Gasteiger partial charge on any atom is 0.314 e. The van der Waals surface area contributed by atoms with Crippen molar-refractivity contribution in [2.75, 3.05) is 19.8 Å². The molecular formula is C54H61NO13S2. The van der Waals surface area contributed by atoms with Gasteiger partial charge in [0.1, 0.15) is 44.8 Å². The van der Waals surface area contributed by atoms with Gasteiger partial charge >= 0.3 is 29.8 Å². The SMILES string of the molecule is CCCC(=O)COc1ccc(OC(=O)C2CCC(C(=O)Oc3ccc(OC(=O)C4CCC(C(=O)Oc5ccc(OCCCCCCOC(=O)CCC)cc5)CC4)c4nc(-c5cccs5)sc34)CC2)cc1. The molecule has 14 nitrogen and oxygen atoms in total. The van der Waals surface area contributed by atoms with Crippen LogP contribution >= 0.6 is 22.7 Å². The summed E-state index contributed by atoms with van der Waals surface area (Å²) in [5, 5.41) is 2.64. The maximum atomic E-state index is 13.6. The summed E-state index contributed by atoms with van der Waals surface area (Å²) in [6.45, 7) is 4.90. The first-order valence-corrected chi connectivity index (χ1v) is 26.2. The van der Waals surface area contributed by atoms with Crippen molar-refractivity contribution in [1.29, 1.82) is 0 Å². The molecule has 70 heavy (non-hydrogen) atoms. The van der Waals surface area contributed by atoms with Crippen LogP contribution in [0.15, 0.2) is 78.2 Å². The number of fused-ring (bicyclic) bond motifs is 1. The van der Waals surface area contributed by atoms with E-state index in [1.54, 1.807) is 60.7 Å². The molecule has 372 valence electrons. The largest absolute Gasteiger partial charge is 0.494 e. The Labute approximate surface area is 416 Å². The van der Waals surface area contributed by atoms with E-state index in [0.717, 1.165) is 43.4 Å². The average molecular weight is 996 g/mol. The lowest BCUT2D eigenvalue weighted by Gasteiger charge is -2.26. The second kappa shape index (κ2) is 26.2. The number of thiazole rings is 1. The topological polar surface area (TPSA) is 180 Å². The maximum absolute atomic E-state index is 13.6. The molecule has 0 amide bonds. The van der Waals surface area contributed by atoms with Gasteiger partial charge in [0, 0.05) is 12.8 Å². The van der Waals surface area contributed by atoms with Crippen LogP contribution in [0.25, 0.3) is 20.1 Å². The number of nitrogens with zero attached hydrogens (tertiary/aromatic N) is 1. The van der Waals surface area contributed by atoms with Crippen molar-refractivity contribution in [3.63, 3.8) is 0 Å². The molecule has 0 aliphatic heterocycles. The van der Waals surface area contributed by atoms with Gasteiger partial charge in [-0.2, -0.15) is 0 Å². The molecule has 0 saturated heterocycles. The van der Waals surface area contributed by atoms with Crippen LogP contribution in [-0.4, -0.2) is 60.4 Å². The Kier molecular flexibility index (Phi) is 19.3. The third-order valence-corrected chi connectivity index (χ3v) is 14.6. The van der Waals surface area contributed by atoms with E-state index in [1.807, 2.05) is 31.4 Å². The summed E-state index contributed by atoms with van der Waals surface area (Å²) in [6, 6.07) is 20.7. The lowest BCUT2D eigenvalue weighted by molar-refractivity contribution is -0.145. The fourth-order valence-corrected chi connectivity index (χ4v) is 10.3. The highest BCUT2D eigenvalue weighted by molar-refractivity contribution is 7.25. The Morgan fingerprint density at radius 2 is 1.03 bits per heavy atom. The van der Waals surface area contributed by atoms with Gasteiger partial charge in [0.15, 0.2) is 17.3 Å². The van der Waals surface area contributed by atoms with Crippen LogP contribution in [0.4, 0.5) is 0 Å². The lowest BCUT2D eigenvalue weighted by Crippen LogP contribution is -2.30. The fourth-order valence-electron chi connectivity index (χ4n) is 8.47. The minimum atomic E-state index is -0.424. The molecule has 2 aliphatic rings. The molecule has 2 saturated carbocycles. The molecule has 5 aromatic rings. The molecule has 0 bridgehead atoms. The summed E-state index contributed by atoms with van der Waals surface area (Å²) in [7, 11) is 0. The third-order valence-electron chi connectivity index (χ3n) is 12.4. The minimum absolute atomic E-state index is 0.00236. The first kappa shape index (κ1) is 51.7. The highest BCUT2D eigenvalue weighted by Crippen LogP contribution is 2.43. The zero-order valence-electron chi connectivity index (χ0n) is 39.8. The number of Topliss-reactive ketones (excluding diaryl/α,β-unsaturated/α-hetero) is 1. The van der Waals surface area contributed by atoms with Crippen LogP contribution < -0.4 is 28.4 Å². The van der Waals surface area contributed by atoms with Gasteiger partial charge in [-0.15, -0.1) is 22.7 Å². The van der Waals surface area contributed by atoms with Crippen LogP contribution in [0.3, 0.4) is 0 Å². The van der Waals surface area contributed by atoms with Gasteiger partial charge < -0.3 is 33.2 Å². The minimum Gasteiger partial charge on any atom is -0.494 e. The smallest absolute Gasteiger partial charge is 0.314 e. The first-order valence-electron chi connectivity index (χ1n) is 24.5. The standard InChI is InChI=1S/C54H61NO13S2/c1-3-10-39(56)34-64-41-23-27-43(28-24-41)66-52(59)36-15-19-38(20-16-36)54(61)68-45-30-29-44(48-49(45)70-50(55-48)46-12-9-33-69-46)67-53(60)37-17-13-35(14-18-37)51(58)65-42-25-21-40(22-26-42)62-31-7-5-6-8-32-63-47(57)11-4-2/h9,12,21-30,33,35-38H,3-8,10-11,13-20,31-32,34H2,1-2H3. The van der Waals surface area contributed by atoms with E-state index in [2.05, 4.69) is 0 Å². The molecule has 2 aromatic heterocycles. The number of ether oxygens (including phenoxy) is 7. The zero-order chi connectivity index (χ0) is 49.2. The number of ketones is 1.